The van der Waals surface area contributed by atoms with Gasteiger partial charge in [0.15, 0.2) is 0 Å². The summed E-state index contributed by atoms with van der Waals surface area (Å²) < 4.78 is 13.0. The Balaban J connectivity index is 1.96. The molecule has 2 heteroatoms. The average Bonchev–Trinajstić information content (AvgIpc) is 2.37. The van der Waals surface area contributed by atoms with E-state index < -0.39 is 6.10 Å². The molecule has 0 aliphatic carbocycles. The lowest BCUT2D eigenvalue weighted by Crippen LogP contribution is -2.00. The van der Waals surface area contributed by atoms with Gasteiger partial charge in [-0.05, 0) is 36.1 Å². The Labute approximate surface area is 101 Å². The van der Waals surface area contributed by atoms with E-state index in [1.54, 1.807) is 12.1 Å². The van der Waals surface area contributed by atoms with Crippen LogP contribution in [0.1, 0.15) is 23.7 Å². The van der Waals surface area contributed by atoms with Crippen LogP contribution >= 0.6 is 0 Å². The van der Waals surface area contributed by atoms with E-state index in [0.29, 0.717) is 12.0 Å². The second-order valence-corrected chi connectivity index (χ2v) is 4.10. The summed E-state index contributed by atoms with van der Waals surface area (Å²) in [6.45, 7) is 0. The predicted molar refractivity (Wildman–Crippen MR) is 66.1 cm³/mol. The van der Waals surface area contributed by atoms with Crippen molar-refractivity contribution in [3.63, 3.8) is 0 Å². The van der Waals surface area contributed by atoms with Gasteiger partial charge in [-0.15, -0.1) is 0 Å². The Morgan fingerprint density at radius 2 is 1.76 bits per heavy atom. The van der Waals surface area contributed by atoms with Gasteiger partial charge in [0.05, 0.1) is 6.10 Å². The van der Waals surface area contributed by atoms with Crippen molar-refractivity contribution < 1.29 is 9.50 Å². The van der Waals surface area contributed by atoms with E-state index >= 15 is 0 Å². The van der Waals surface area contributed by atoms with Gasteiger partial charge in [-0.25, -0.2) is 4.39 Å². The molecule has 0 saturated heterocycles. The Morgan fingerprint density at radius 1 is 1.00 bits per heavy atom. The number of aliphatic hydroxyl groups excluding tert-OH is 1. The van der Waals surface area contributed by atoms with Crippen LogP contribution in [0.5, 0.6) is 0 Å². The summed E-state index contributed by atoms with van der Waals surface area (Å²) in [6, 6.07) is 16.1. The first-order chi connectivity index (χ1) is 8.25. The molecule has 0 spiro atoms. The minimum absolute atomic E-state index is 0.304. The number of aliphatic hydroxyl groups is 1. The van der Waals surface area contributed by atoms with Gasteiger partial charge in [0, 0.05) is 0 Å². The summed E-state index contributed by atoms with van der Waals surface area (Å²) in [7, 11) is 0. The minimum Gasteiger partial charge on any atom is -0.388 e. The monoisotopic (exact) mass is 230 g/mol. The van der Waals surface area contributed by atoms with Gasteiger partial charge < -0.3 is 5.11 Å². The fraction of sp³-hybridized carbons (Fsp3) is 0.200. The Kier molecular flexibility index (Phi) is 3.89. The summed E-state index contributed by atoms with van der Waals surface area (Å²) in [5.74, 6) is -0.304. The highest BCUT2D eigenvalue weighted by molar-refractivity contribution is 5.20. The molecule has 0 fully saturated rings. The van der Waals surface area contributed by atoms with Crippen molar-refractivity contribution in [1.29, 1.82) is 0 Å². The molecular formula is C15H15FO. The van der Waals surface area contributed by atoms with Gasteiger partial charge in [0.25, 0.3) is 0 Å². The highest BCUT2D eigenvalue weighted by Crippen LogP contribution is 2.19. The lowest BCUT2D eigenvalue weighted by atomic mass is 10.0. The highest BCUT2D eigenvalue weighted by Gasteiger charge is 2.08. The van der Waals surface area contributed by atoms with Crippen molar-refractivity contribution in [2.45, 2.75) is 18.9 Å². The molecule has 17 heavy (non-hydrogen) atoms. The maximum absolute atomic E-state index is 13.0. The number of halogens is 1. The molecule has 1 atom stereocenters. The van der Waals surface area contributed by atoms with Gasteiger partial charge in [0.1, 0.15) is 5.82 Å². The first-order valence-electron chi connectivity index (χ1n) is 5.73. The number of rotatable bonds is 4. The number of benzene rings is 2. The van der Waals surface area contributed by atoms with E-state index in [1.807, 2.05) is 30.3 Å². The largest absolute Gasteiger partial charge is 0.388 e. The van der Waals surface area contributed by atoms with E-state index in [9.17, 15) is 9.50 Å². The van der Waals surface area contributed by atoms with Crippen LogP contribution in [0.15, 0.2) is 54.6 Å². The molecule has 1 N–H and O–H groups in total. The number of hydrogen-bond acceptors (Lipinski definition) is 1. The zero-order chi connectivity index (χ0) is 12.1. The molecule has 0 bridgehead atoms. The lowest BCUT2D eigenvalue weighted by Gasteiger charge is -2.10. The standard InChI is InChI=1S/C15H15FO/c16-14-8-4-7-13(11-14)15(17)10-9-12-5-2-1-3-6-12/h1-8,11,15,17H,9-10H2. The maximum Gasteiger partial charge on any atom is 0.123 e. The van der Waals surface area contributed by atoms with Crippen LogP contribution < -0.4 is 0 Å². The summed E-state index contributed by atoms with van der Waals surface area (Å²) in [5, 5.41) is 9.94. The summed E-state index contributed by atoms with van der Waals surface area (Å²) >= 11 is 0. The molecule has 88 valence electrons. The van der Waals surface area contributed by atoms with Gasteiger partial charge >= 0.3 is 0 Å². The van der Waals surface area contributed by atoms with Crippen LogP contribution in [0.25, 0.3) is 0 Å². The van der Waals surface area contributed by atoms with E-state index in [-0.39, 0.29) is 5.82 Å². The van der Waals surface area contributed by atoms with E-state index in [4.69, 9.17) is 0 Å². The first kappa shape index (κ1) is 11.8. The second kappa shape index (κ2) is 5.60. The molecule has 2 aromatic carbocycles. The smallest absolute Gasteiger partial charge is 0.123 e. The highest BCUT2D eigenvalue weighted by atomic mass is 19.1. The molecule has 0 radical (unpaired) electrons. The third-order valence-corrected chi connectivity index (χ3v) is 2.78. The van der Waals surface area contributed by atoms with Crippen molar-refractivity contribution in [1.82, 2.24) is 0 Å². The lowest BCUT2D eigenvalue weighted by molar-refractivity contribution is 0.167. The molecule has 2 rings (SSSR count). The van der Waals surface area contributed by atoms with Crippen LogP contribution in [0.3, 0.4) is 0 Å². The summed E-state index contributed by atoms with van der Waals surface area (Å²) in [5.41, 5.74) is 1.82. The Morgan fingerprint density at radius 3 is 2.47 bits per heavy atom. The van der Waals surface area contributed by atoms with Crippen LogP contribution in [-0.2, 0) is 6.42 Å². The van der Waals surface area contributed by atoms with Crippen LogP contribution in [0.4, 0.5) is 4.39 Å². The number of aryl methyl sites for hydroxylation is 1. The molecule has 0 amide bonds. The van der Waals surface area contributed by atoms with Crippen LogP contribution in [-0.4, -0.2) is 5.11 Å². The molecule has 0 saturated carbocycles. The van der Waals surface area contributed by atoms with Gasteiger partial charge in [-0.2, -0.15) is 0 Å². The Bertz CT molecular complexity index is 467. The predicted octanol–water partition coefficient (Wildman–Crippen LogP) is 3.49. The molecule has 1 unspecified atom stereocenters. The van der Waals surface area contributed by atoms with E-state index in [2.05, 4.69) is 0 Å². The van der Waals surface area contributed by atoms with E-state index in [1.165, 1.54) is 17.7 Å². The fourth-order valence-electron chi connectivity index (χ4n) is 1.83. The first-order valence-corrected chi connectivity index (χ1v) is 5.73. The van der Waals surface area contributed by atoms with Crippen molar-refractivity contribution in [3.05, 3.63) is 71.5 Å². The third-order valence-electron chi connectivity index (χ3n) is 2.78. The van der Waals surface area contributed by atoms with Crippen molar-refractivity contribution >= 4 is 0 Å². The van der Waals surface area contributed by atoms with Crippen LogP contribution in [0, 0.1) is 5.82 Å². The van der Waals surface area contributed by atoms with Crippen molar-refractivity contribution in [2.24, 2.45) is 0 Å². The van der Waals surface area contributed by atoms with Gasteiger partial charge in [-0.3, -0.25) is 0 Å². The van der Waals surface area contributed by atoms with Crippen LogP contribution in [0.2, 0.25) is 0 Å². The maximum atomic E-state index is 13.0. The average molecular weight is 230 g/mol. The van der Waals surface area contributed by atoms with E-state index in [0.717, 1.165) is 6.42 Å². The third kappa shape index (κ3) is 3.40. The summed E-state index contributed by atoms with van der Waals surface area (Å²) in [4.78, 5) is 0. The molecule has 0 aliphatic rings. The van der Waals surface area contributed by atoms with Crippen molar-refractivity contribution in [3.8, 4) is 0 Å². The fourth-order valence-corrected chi connectivity index (χ4v) is 1.83. The molecule has 1 nitrogen and oxygen atoms in total. The normalized spacial score (nSPS) is 12.4. The molecule has 0 aromatic heterocycles. The molecule has 0 heterocycles. The van der Waals surface area contributed by atoms with Gasteiger partial charge in [-0.1, -0.05) is 42.5 Å². The topological polar surface area (TPSA) is 20.2 Å². The molecular weight excluding hydrogens is 215 g/mol. The second-order valence-electron chi connectivity index (χ2n) is 4.10. The molecule has 0 aliphatic heterocycles. The SMILES string of the molecule is OC(CCc1ccccc1)c1cccc(F)c1. The van der Waals surface area contributed by atoms with Crippen molar-refractivity contribution in [2.75, 3.05) is 0 Å². The molecule has 2 aromatic rings. The van der Waals surface area contributed by atoms with Gasteiger partial charge in [0.2, 0.25) is 0 Å². The summed E-state index contributed by atoms with van der Waals surface area (Å²) in [6.07, 6.45) is 0.789. The zero-order valence-electron chi connectivity index (χ0n) is 9.51. The zero-order valence-corrected chi connectivity index (χ0v) is 9.51. The Hall–Kier alpha value is -1.67. The minimum atomic E-state index is -0.606. The quantitative estimate of drug-likeness (QED) is 0.852. The number of hydrogen-bond donors (Lipinski definition) is 1.